The lowest BCUT2D eigenvalue weighted by Gasteiger charge is -2.45. The number of aliphatic hydroxyl groups excluding tert-OH is 7. The van der Waals surface area contributed by atoms with E-state index in [2.05, 4.69) is 0 Å². The molecule has 2 heterocycles. The van der Waals surface area contributed by atoms with Gasteiger partial charge in [-0.1, -0.05) is 12.1 Å². The zero-order valence-corrected chi connectivity index (χ0v) is 17.8. The average molecular weight is 488 g/mol. The number of esters is 1. The SMILES string of the molecule is O=C(/C=C/c1ccc(O)cc1)OC[C@@H]1O[C@H](O)[C@@H](O[C@@H]2O[C@H](CO)[C@@H](O)[C@H](O)[C@@H]2O)[C@H](O)[C@H]1O. The number of rotatable bonds is 7. The van der Waals surface area contributed by atoms with Crippen molar-refractivity contribution >= 4 is 12.0 Å². The summed E-state index contributed by atoms with van der Waals surface area (Å²) < 4.78 is 20.6. The standard InChI is InChI=1S/C21H28O13/c22-7-11-14(25)16(27)18(29)21(33-11)34-19-17(28)15(26)12(32-20(19)30)8-31-13(24)6-3-9-1-4-10(23)5-2-9/h1-6,11-12,14-23,25-30H,7-8H2/b6-3+/t11-,12+,14-,15+,16+,17-,18+,19+,20+,21+/m1/s1. The summed E-state index contributed by atoms with van der Waals surface area (Å²) in [7, 11) is 0. The van der Waals surface area contributed by atoms with Crippen molar-refractivity contribution in [1.29, 1.82) is 0 Å². The highest BCUT2D eigenvalue weighted by Gasteiger charge is 2.50. The summed E-state index contributed by atoms with van der Waals surface area (Å²) in [6.07, 6.45) is -13.9. The first-order valence-electron chi connectivity index (χ1n) is 10.4. The molecule has 2 fully saturated rings. The molecule has 2 aliphatic rings. The van der Waals surface area contributed by atoms with E-state index in [1.54, 1.807) is 12.1 Å². The van der Waals surface area contributed by atoms with Crippen LogP contribution in [0.3, 0.4) is 0 Å². The Labute approximate surface area is 193 Å². The van der Waals surface area contributed by atoms with E-state index < -0.39 is 80.6 Å². The second-order valence-electron chi connectivity index (χ2n) is 7.90. The Morgan fingerprint density at radius 1 is 0.882 bits per heavy atom. The Hall–Kier alpha value is -2.17. The van der Waals surface area contributed by atoms with Crippen LogP contribution in [0.25, 0.3) is 6.08 Å². The second kappa shape index (κ2) is 11.5. The van der Waals surface area contributed by atoms with Crippen LogP contribution in [-0.4, -0.2) is 121 Å². The van der Waals surface area contributed by atoms with E-state index in [1.165, 1.54) is 18.2 Å². The van der Waals surface area contributed by atoms with Crippen molar-refractivity contribution in [2.75, 3.05) is 13.2 Å². The van der Waals surface area contributed by atoms with Gasteiger partial charge in [0, 0.05) is 6.08 Å². The molecule has 13 nitrogen and oxygen atoms in total. The van der Waals surface area contributed by atoms with Gasteiger partial charge in [0.05, 0.1) is 6.61 Å². The minimum absolute atomic E-state index is 0.0640. The lowest BCUT2D eigenvalue weighted by molar-refractivity contribution is -0.361. The molecule has 0 unspecified atom stereocenters. The summed E-state index contributed by atoms with van der Waals surface area (Å²) >= 11 is 0. The van der Waals surface area contributed by atoms with Crippen molar-refractivity contribution in [3.8, 4) is 5.75 Å². The highest BCUT2D eigenvalue weighted by Crippen LogP contribution is 2.28. The quantitative estimate of drug-likeness (QED) is 0.139. The van der Waals surface area contributed by atoms with Gasteiger partial charge in [-0.3, -0.25) is 0 Å². The number of hydrogen-bond donors (Lipinski definition) is 8. The van der Waals surface area contributed by atoms with Crippen LogP contribution in [0.2, 0.25) is 0 Å². The number of benzene rings is 1. The number of aliphatic hydroxyl groups is 7. The maximum absolute atomic E-state index is 11.9. The van der Waals surface area contributed by atoms with Crippen LogP contribution in [-0.2, 0) is 23.7 Å². The van der Waals surface area contributed by atoms with E-state index in [9.17, 15) is 45.6 Å². The van der Waals surface area contributed by atoms with Crippen molar-refractivity contribution in [2.45, 2.75) is 61.4 Å². The minimum atomic E-state index is -1.86. The number of aromatic hydroxyl groups is 1. The monoisotopic (exact) mass is 488 g/mol. The maximum atomic E-state index is 11.9. The van der Waals surface area contributed by atoms with Crippen LogP contribution in [0, 0.1) is 0 Å². The van der Waals surface area contributed by atoms with Crippen molar-refractivity contribution in [3.05, 3.63) is 35.9 Å². The molecule has 34 heavy (non-hydrogen) atoms. The molecule has 0 aliphatic carbocycles. The fraction of sp³-hybridized carbons (Fsp3) is 0.571. The first-order valence-corrected chi connectivity index (χ1v) is 10.4. The van der Waals surface area contributed by atoms with Crippen molar-refractivity contribution in [1.82, 2.24) is 0 Å². The number of phenols is 1. The Kier molecular flexibility index (Phi) is 8.95. The van der Waals surface area contributed by atoms with Crippen LogP contribution in [0.5, 0.6) is 5.75 Å². The van der Waals surface area contributed by atoms with Crippen LogP contribution in [0.1, 0.15) is 5.56 Å². The smallest absolute Gasteiger partial charge is 0.330 e. The van der Waals surface area contributed by atoms with Crippen molar-refractivity contribution < 1.29 is 64.6 Å². The fourth-order valence-corrected chi connectivity index (χ4v) is 3.50. The lowest BCUT2D eigenvalue weighted by Crippen LogP contribution is -2.64. The maximum Gasteiger partial charge on any atom is 0.330 e. The van der Waals surface area contributed by atoms with Gasteiger partial charge >= 0.3 is 5.97 Å². The molecule has 0 saturated carbocycles. The molecule has 0 spiro atoms. The molecule has 2 aliphatic heterocycles. The van der Waals surface area contributed by atoms with E-state index in [-0.39, 0.29) is 5.75 Å². The highest BCUT2D eigenvalue weighted by atomic mass is 16.7. The molecule has 8 N–H and O–H groups in total. The topological polar surface area (TPSA) is 216 Å². The van der Waals surface area contributed by atoms with Gasteiger partial charge in [-0.15, -0.1) is 0 Å². The van der Waals surface area contributed by atoms with Crippen LogP contribution in [0.15, 0.2) is 30.3 Å². The summed E-state index contributed by atoms with van der Waals surface area (Å²) in [5.74, 6) is -0.735. The minimum Gasteiger partial charge on any atom is -0.508 e. The second-order valence-corrected chi connectivity index (χ2v) is 7.90. The molecule has 0 bridgehead atoms. The number of phenolic OH excluding ortho intramolecular Hbond substituents is 1. The fourth-order valence-electron chi connectivity index (χ4n) is 3.50. The Morgan fingerprint density at radius 2 is 1.53 bits per heavy atom. The van der Waals surface area contributed by atoms with Gasteiger partial charge in [-0.2, -0.15) is 0 Å². The summed E-state index contributed by atoms with van der Waals surface area (Å²) in [6, 6.07) is 6.00. The average Bonchev–Trinajstić information content (AvgIpc) is 2.82. The van der Waals surface area contributed by atoms with E-state index >= 15 is 0 Å². The summed E-state index contributed by atoms with van der Waals surface area (Å²) in [6.45, 7) is -1.24. The largest absolute Gasteiger partial charge is 0.508 e. The van der Waals surface area contributed by atoms with E-state index in [0.717, 1.165) is 6.08 Å². The molecule has 10 atom stereocenters. The molecule has 0 aromatic heterocycles. The predicted octanol–water partition coefficient (Wildman–Crippen LogP) is -3.43. The van der Waals surface area contributed by atoms with Crippen LogP contribution < -0.4 is 0 Å². The van der Waals surface area contributed by atoms with E-state index in [0.29, 0.717) is 5.56 Å². The van der Waals surface area contributed by atoms with E-state index in [1.807, 2.05) is 0 Å². The van der Waals surface area contributed by atoms with E-state index in [4.69, 9.17) is 18.9 Å². The van der Waals surface area contributed by atoms with Gasteiger partial charge in [-0.05, 0) is 23.8 Å². The van der Waals surface area contributed by atoms with Crippen molar-refractivity contribution in [2.24, 2.45) is 0 Å². The summed E-state index contributed by atoms with van der Waals surface area (Å²) in [5.41, 5.74) is 0.614. The molecule has 2 saturated heterocycles. The van der Waals surface area contributed by atoms with Gasteiger partial charge in [0.25, 0.3) is 0 Å². The zero-order chi connectivity index (χ0) is 25.0. The summed E-state index contributed by atoms with van der Waals surface area (Å²) in [5, 5.41) is 79.1. The third-order valence-corrected chi connectivity index (χ3v) is 5.50. The zero-order valence-electron chi connectivity index (χ0n) is 17.8. The van der Waals surface area contributed by atoms with Gasteiger partial charge in [0.15, 0.2) is 12.6 Å². The van der Waals surface area contributed by atoms with Crippen LogP contribution in [0.4, 0.5) is 0 Å². The van der Waals surface area contributed by atoms with Gasteiger partial charge in [-0.25, -0.2) is 4.79 Å². The molecule has 0 amide bonds. The number of hydrogen-bond acceptors (Lipinski definition) is 13. The molecular weight excluding hydrogens is 460 g/mol. The number of ether oxygens (including phenoxy) is 4. The molecule has 1 aromatic carbocycles. The molecule has 0 radical (unpaired) electrons. The van der Waals surface area contributed by atoms with Gasteiger partial charge in [0.1, 0.15) is 61.2 Å². The Balaban J connectivity index is 1.54. The normalized spacial score (nSPS) is 38.7. The third kappa shape index (κ3) is 6.09. The molecule has 190 valence electrons. The lowest BCUT2D eigenvalue weighted by atomic mass is 9.97. The van der Waals surface area contributed by atoms with Gasteiger partial charge < -0.3 is 59.8 Å². The number of carbonyl (C=O) groups is 1. The number of carbonyl (C=O) groups excluding carboxylic acids is 1. The third-order valence-electron chi connectivity index (χ3n) is 5.50. The molecular formula is C21H28O13. The molecule has 3 rings (SSSR count). The Morgan fingerprint density at radius 3 is 2.18 bits per heavy atom. The summed E-state index contributed by atoms with van der Waals surface area (Å²) in [4.78, 5) is 11.9. The predicted molar refractivity (Wildman–Crippen MR) is 110 cm³/mol. The van der Waals surface area contributed by atoms with Gasteiger partial charge in [0.2, 0.25) is 0 Å². The highest BCUT2D eigenvalue weighted by molar-refractivity contribution is 5.87. The molecule has 1 aromatic rings. The van der Waals surface area contributed by atoms with Crippen molar-refractivity contribution in [3.63, 3.8) is 0 Å². The Bertz CT molecular complexity index is 828. The molecule has 13 heteroatoms. The van der Waals surface area contributed by atoms with Crippen LogP contribution >= 0.6 is 0 Å². The first-order chi connectivity index (χ1) is 16.1. The first kappa shape index (κ1) is 26.4.